The van der Waals surface area contributed by atoms with Crippen molar-refractivity contribution in [3.8, 4) is 0 Å². The first-order valence-electron chi connectivity index (χ1n) is 5.86. The Morgan fingerprint density at radius 1 is 1.26 bits per heavy atom. The van der Waals surface area contributed by atoms with Gasteiger partial charge in [-0.15, -0.1) is 11.6 Å². The van der Waals surface area contributed by atoms with Crippen molar-refractivity contribution in [3.63, 3.8) is 0 Å². The second-order valence-electron chi connectivity index (χ2n) is 4.26. The second-order valence-corrected chi connectivity index (χ2v) is 7.69. The lowest BCUT2D eigenvalue weighted by molar-refractivity contribution is 0.389. The van der Waals surface area contributed by atoms with Crippen molar-refractivity contribution in [2.75, 3.05) is 26.5 Å². The highest BCUT2D eigenvalue weighted by Gasteiger charge is 2.23. The van der Waals surface area contributed by atoms with Gasteiger partial charge < -0.3 is 0 Å². The first kappa shape index (κ1) is 16.9. The normalized spacial score (nSPS) is 12.3. The van der Waals surface area contributed by atoms with Gasteiger partial charge >= 0.3 is 0 Å². The average Bonchev–Trinajstić information content (AvgIpc) is 2.35. The van der Waals surface area contributed by atoms with Gasteiger partial charge in [0, 0.05) is 37.5 Å². The van der Waals surface area contributed by atoms with Crippen LogP contribution in [0.15, 0.2) is 28.7 Å². The van der Waals surface area contributed by atoms with E-state index in [9.17, 15) is 8.42 Å². The van der Waals surface area contributed by atoms with Crippen LogP contribution in [0.5, 0.6) is 0 Å². The summed E-state index contributed by atoms with van der Waals surface area (Å²) < 4.78 is 28.0. The summed E-state index contributed by atoms with van der Waals surface area (Å²) in [6, 6.07) is 7.60. The number of rotatable bonds is 7. The Balaban J connectivity index is 2.73. The lowest BCUT2D eigenvalue weighted by atomic mass is 10.2. The number of benzene rings is 1. The van der Waals surface area contributed by atoms with E-state index < -0.39 is 10.2 Å². The summed E-state index contributed by atoms with van der Waals surface area (Å²) in [5.74, 6) is 0.454. The molecule has 4 nitrogen and oxygen atoms in total. The first-order valence-corrected chi connectivity index (χ1v) is 8.58. The van der Waals surface area contributed by atoms with Crippen LogP contribution >= 0.6 is 27.5 Å². The summed E-state index contributed by atoms with van der Waals surface area (Å²) in [4.78, 5) is 0. The molecule has 0 spiro atoms. The summed E-state index contributed by atoms with van der Waals surface area (Å²) in [6.45, 7) is 0.766. The highest BCUT2D eigenvalue weighted by Crippen LogP contribution is 2.15. The zero-order valence-electron chi connectivity index (χ0n) is 11.0. The summed E-state index contributed by atoms with van der Waals surface area (Å²) in [6.07, 6.45) is 0.641. The molecule has 0 N–H and O–H groups in total. The molecule has 19 heavy (non-hydrogen) atoms. The smallest absolute Gasteiger partial charge is 0.195 e. The zero-order chi connectivity index (χ0) is 14.5. The fourth-order valence-electron chi connectivity index (χ4n) is 1.61. The van der Waals surface area contributed by atoms with Gasteiger partial charge in [0.2, 0.25) is 0 Å². The number of nitrogens with zero attached hydrogens (tertiary/aromatic N) is 2. The maximum absolute atomic E-state index is 12.2. The fourth-order valence-corrected chi connectivity index (χ4v) is 3.32. The van der Waals surface area contributed by atoms with Crippen LogP contribution in [-0.2, 0) is 16.8 Å². The van der Waals surface area contributed by atoms with Crippen molar-refractivity contribution >= 4 is 37.7 Å². The van der Waals surface area contributed by atoms with Gasteiger partial charge in [-0.05, 0) is 24.1 Å². The lowest BCUT2D eigenvalue weighted by Crippen LogP contribution is -2.39. The van der Waals surface area contributed by atoms with Crippen molar-refractivity contribution in [2.45, 2.75) is 13.0 Å². The van der Waals surface area contributed by atoms with Crippen molar-refractivity contribution in [1.29, 1.82) is 0 Å². The minimum absolute atomic E-state index is 0.340. The lowest BCUT2D eigenvalue weighted by Gasteiger charge is -2.24. The Kier molecular flexibility index (Phi) is 6.76. The monoisotopic (exact) mass is 368 g/mol. The molecule has 1 rings (SSSR count). The van der Waals surface area contributed by atoms with Crippen LogP contribution in [0.1, 0.15) is 12.0 Å². The molecule has 0 aromatic heterocycles. The average molecular weight is 370 g/mol. The number of alkyl halides is 1. The topological polar surface area (TPSA) is 40.6 Å². The third-order valence-corrected chi connectivity index (χ3v) is 5.34. The molecule has 0 saturated heterocycles. The molecule has 0 amide bonds. The van der Waals surface area contributed by atoms with Crippen LogP contribution < -0.4 is 0 Å². The second kappa shape index (κ2) is 7.59. The third kappa shape index (κ3) is 5.04. The Morgan fingerprint density at radius 2 is 1.95 bits per heavy atom. The molecular weight excluding hydrogens is 352 g/mol. The molecule has 0 aliphatic heterocycles. The van der Waals surface area contributed by atoms with Gasteiger partial charge in [-0.2, -0.15) is 17.0 Å². The molecule has 0 unspecified atom stereocenters. The maximum atomic E-state index is 12.2. The Labute approximate surface area is 128 Å². The standard InChI is InChI=1S/C12H18BrClN2O2S/c1-15(8-4-7-14)19(17,18)16(2)10-11-5-3-6-12(13)9-11/h3,5-6,9H,4,7-8,10H2,1-2H3. The van der Waals surface area contributed by atoms with E-state index in [1.54, 1.807) is 14.1 Å². The molecular formula is C12H18BrClN2O2S. The van der Waals surface area contributed by atoms with Gasteiger partial charge in [0.15, 0.2) is 0 Å². The Hall–Kier alpha value is -0.140. The molecule has 0 fully saturated rings. The quantitative estimate of drug-likeness (QED) is 0.693. The van der Waals surface area contributed by atoms with E-state index in [-0.39, 0.29) is 0 Å². The Bertz CT molecular complexity index is 510. The number of hydrogen-bond acceptors (Lipinski definition) is 2. The predicted octanol–water partition coefficient (Wildman–Crippen LogP) is 2.69. The van der Waals surface area contributed by atoms with E-state index in [1.165, 1.54) is 8.61 Å². The zero-order valence-corrected chi connectivity index (χ0v) is 14.2. The van der Waals surface area contributed by atoms with Crippen LogP contribution in [-0.4, -0.2) is 43.5 Å². The maximum Gasteiger partial charge on any atom is 0.281 e. The fraction of sp³-hybridized carbons (Fsp3) is 0.500. The van der Waals surface area contributed by atoms with Gasteiger partial charge in [0.1, 0.15) is 0 Å². The summed E-state index contributed by atoms with van der Waals surface area (Å²) >= 11 is 8.95. The van der Waals surface area contributed by atoms with E-state index in [1.807, 2.05) is 24.3 Å². The number of halogens is 2. The van der Waals surface area contributed by atoms with Crippen molar-refractivity contribution in [1.82, 2.24) is 8.61 Å². The Morgan fingerprint density at radius 3 is 2.53 bits per heavy atom. The van der Waals surface area contributed by atoms with Crippen LogP contribution in [0.3, 0.4) is 0 Å². The molecule has 1 aromatic rings. The molecule has 7 heteroatoms. The van der Waals surface area contributed by atoms with Crippen molar-refractivity contribution < 1.29 is 8.42 Å². The van der Waals surface area contributed by atoms with Gasteiger partial charge in [0.25, 0.3) is 10.2 Å². The highest BCUT2D eigenvalue weighted by molar-refractivity contribution is 9.10. The van der Waals surface area contributed by atoms with Crippen LogP contribution in [0.4, 0.5) is 0 Å². The van der Waals surface area contributed by atoms with E-state index in [0.717, 1.165) is 10.0 Å². The van der Waals surface area contributed by atoms with Gasteiger partial charge in [-0.3, -0.25) is 0 Å². The van der Waals surface area contributed by atoms with E-state index >= 15 is 0 Å². The van der Waals surface area contributed by atoms with Gasteiger partial charge in [0.05, 0.1) is 0 Å². The molecule has 0 radical (unpaired) electrons. The molecule has 108 valence electrons. The molecule has 1 aromatic carbocycles. The molecule has 0 heterocycles. The largest absolute Gasteiger partial charge is 0.281 e. The van der Waals surface area contributed by atoms with Crippen LogP contribution in [0, 0.1) is 0 Å². The van der Waals surface area contributed by atoms with Crippen LogP contribution in [0.25, 0.3) is 0 Å². The minimum Gasteiger partial charge on any atom is -0.195 e. The van der Waals surface area contributed by atoms with Crippen LogP contribution in [0.2, 0.25) is 0 Å². The molecule has 0 atom stereocenters. The first-order chi connectivity index (χ1) is 8.87. The van der Waals surface area contributed by atoms with Gasteiger partial charge in [-0.1, -0.05) is 28.1 Å². The third-order valence-electron chi connectivity index (χ3n) is 2.69. The molecule has 0 aliphatic carbocycles. The van der Waals surface area contributed by atoms with E-state index in [4.69, 9.17) is 11.6 Å². The molecule has 0 bridgehead atoms. The van der Waals surface area contributed by atoms with Crippen molar-refractivity contribution in [3.05, 3.63) is 34.3 Å². The highest BCUT2D eigenvalue weighted by atomic mass is 79.9. The number of hydrogen-bond donors (Lipinski definition) is 0. The van der Waals surface area contributed by atoms with E-state index in [2.05, 4.69) is 15.9 Å². The summed E-state index contributed by atoms with van der Waals surface area (Å²) in [5.41, 5.74) is 0.936. The summed E-state index contributed by atoms with van der Waals surface area (Å²) in [5, 5.41) is 0. The SMILES string of the molecule is CN(CCCCl)S(=O)(=O)N(C)Cc1cccc(Br)c1. The summed E-state index contributed by atoms with van der Waals surface area (Å²) in [7, 11) is -0.284. The molecule has 0 aliphatic rings. The molecule has 0 saturated carbocycles. The van der Waals surface area contributed by atoms with Gasteiger partial charge in [-0.25, -0.2) is 0 Å². The van der Waals surface area contributed by atoms with Crippen molar-refractivity contribution in [2.24, 2.45) is 0 Å². The minimum atomic E-state index is -3.43. The predicted molar refractivity (Wildman–Crippen MR) is 82.5 cm³/mol. The van der Waals surface area contributed by atoms with E-state index in [0.29, 0.717) is 25.4 Å².